The van der Waals surface area contributed by atoms with E-state index in [1.807, 2.05) is 0 Å². The maximum Gasteiger partial charge on any atom is 0.384 e. The van der Waals surface area contributed by atoms with Gasteiger partial charge in [0.1, 0.15) is 0 Å². The summed E-state index contributed by atoms with van der Waals surface area (Å²) in [5.41, 5.74) is -9.29. The lowest BCUT2D eigenvalue weighted by atomic mass is 9.84. The summed E-state index contributed by atoms with van der Waals surface area (Å²) >= 11 is 0. The summed E-state index contributed by atoms with van der Waals surface area (Å²) in [6, 6.07) is 0. The Morgan fingerprint density at radius 3 is 1.18 bits per heavy atom. The molecule has 6 nitrogen and oxygen atoms in total. The van der Waals surface area contributed by atoms with Crippen LogP contribution in [0.1, 0.15) is 27.2 Å². The molecular formula is C23H24F15N3O3. The van der Waals surface area contributed by atoms with E-state index in [1.54, 1.807) is 0 Å². The Bertz CT molecular complexity index is 1370. The molecule has 0 N–H and O–H groups in total. The summed E-state index contributed by atoms with van der Waals surface area (Å²) in [5, 5.41) is 0. The van der Waals surface area contributed by atoms with E-state index in [9.17, 15) is 80.2 Å². The van der Waals surface area contributed by atoms with Gasteiger partial charge in [0, 0.05) is 13.0 Å². The molecule has 1 aromatic rings. The van der Waals surface area contributed by atoms with Crippen molar-refractivity contribution in [3.8, 4) is 0 Å². The van der Waals surface area contributed by atoms with Crippen molar-refractivity contribution in [1.82, 2.24) is 13.7 Å². The van der Waals surface area contributed by atoms with Gasteiger partial charge in [0.15, 0.2) is 5.67 Å². The summed E-state index contributed by atoms with van der Waals surface area (Å²) < 4.78 is 211. The normalized spacial score (nSPS) is 15.3. The van der Waals surface area contributed by atoms with E-state index in [-0.39, 0.29) is 13.7 Å². The fourth-order valence-corrected chi connectivity index (χ4v) is 3.74. The first-order valence-electron chi connectivity index (χ1n) is 11.9. The highest BCUT2D eigenvalue weighted by Gasteiger charge is 2.93. The van der Waals surface area contributed by atoms with Gasteiger partial charge >= 0.3 is 58.5 Å². The zero-order chi connectivity index (χ0) is 35.3. The quantitative estimate of drug-likeness (QED) is 0.175. The Morgan fingerprint density at radius 1 is 0.568 bits per heavy atom. The average molecular weight is 675 g/mol. The summed E-state index contributed by atoms with van der Waals surface area (Å²) in [6.07, 6.45) is -0.852. The minimum atomic E-state index is -8.39. The van der Waals surface area contributed by atoms with E-state index < -0.39 is 110 Å². The molecule has 0 saturated carbocycles. The summed E-state index contributed by atoms with van der Waals surface area (Å²) in [6.45, 7) is 3.07. The molecule has 21 heteroatoms. The van der Waals surface area contributed by atoms with Crippen molar-refractivity contribution in [3.63, 3.8) is 0 Å². The monoisotopic (exact) mass is 675 g/mol. The molecule has 0 aliphatic carbocycles. The van der Waals surface area contributed by atoms with Gasteiger partial charge in [0.2, 0.25) is 0 Å². The molecule has 1 atom stereocenters. The summed E-state index contributed by atoms with van der Waals surface area (Å²) in [5.74, 6) is -56.3. The molecule has 1 aromatic heterocycles. The fourth-order valence-electron chi connectivity index (χ4n) is 3.74. The van der Waals surface area contributed by atoms with Gasteiger partial charge in [0.25, 0.3) is 0 Å². The molecule has 254 valence electrons. The molecule has 1 heterocycles. The van der Waals surface area contributed by atoms with Crippen LogP contribution >= 0.6 is 0 Å². The van der Waals surface area contributed by atoms with Gasteiger partial charge < -0.3 is 0 Å². The maximum absolute atomic E-state index is 14.5. The van der Waals surface area contributed by atoms with Crippen LogP contribution in [0.3, 0.4) is 0 Å². The van der Waals surface area contributed by atoms with Crippen LogP contribution in [0.25, 0.3) is 0 Å². The topological polar surface area (TPSA) is 66.0 Å². The summed E-state index contributed by atoms with van der Waals surface area (Å²) in [7, 11) is 0. The van der Waals surface area contributed by atoms with Crippen molar-refractivity contribution < 1.29 is 65.9 Å². The molecule has 44 heavy (non-hydrogen) atoms. The predicted molar refractivity (Wildman–Crippen MR) is 123 cm³/mol. The highest BCUT2D eigenvalue weighted by Crippen LogP contribution is 2.64. The largest absolute Gasteiger partial charge is 0.384 e. The highest BCUT2D eigenvalue weighted by molar-refractivity contribution is 5.16. The smallest absolute Gasteiger partial charge is 0.247 e. The highest BCUT2D eigenvalue weighted by atomic mass is 19.4. The van der Waals surface area contributed by atoms with Gasteiger partial charge in [-0.05, 0) is 19.8 Å². The molecule has 0 spiro atoms. The molecule has 0 aliphatic heterocycles. The molecule has 0 aliphatic rings. The third-order valence-corrected chi connectivity index (χ3v) is 6.29. The van der Waals surface area contributed by atoms with Crippen molar-refractivity contribution in [2.75, 3.05) is 0 Å². The lowest BCUT2D eigenvalue weighted by Crippen LogP contribution is -2.74. The van der Waals surface area contributed by atoms with Gasteiger partial charge in [-0.15, -0.1) is 13.2 Å². The molecule has 0 radical (unpaired) electrons. The Hall–Kier alpha value is -3.16. The van der Waals surface area contributed by atoms with Crippen LogP contribution in [0.4, 0.5) is 65.9 Å². The number of allylic oxidation sites excluding steroid dienone is 2. The number of aromatic nitrogens is 3. The van der Waals surface area contributed by atoms with Crippen LogP contribution in [0, 0.1) is 5.92 Å². The molecule has 1 unspecified atom stereocenters. The van der Waals surface area contributed by atoms with Crippen molar-refractivity contribution in [2.24, 2.45) is 5.92 Å². The molecule has 0 aromatic carbocycles. The van der Waals surface area contributed by atoms with Crippen LogP contribution in [-0.4, -0.2) is 60.8 Å². The first kappa shape index (κ1) is 38.9. The van der Waals surface area contributed by atoms with Crippen molar-refractivity contribution in [1.29, 1.82) is 0 Å². The van der Waals surface area contributed by atoms with E-state index >= 15 is 0 Å². The third kappa shape index (κ3) is 5.69. The van der Waals surface area contributed by atoms with E-state index in [0.29, 0.717) is 6.92 Å². The Kier molecular flexibility index (Phi) is 10.3. The number of nitrogens with zero attached hydrogens (tertiary/aromatic N) is 3. The first-order chi connectivity index (χ1) is 19.4. The van der Waals surface area contributed by atoms with Crippen molar-refractivity contribution in [3.05, 3.63) is 56.8 Å². The van der Waals surface area contributed by atoms with E-state index in [2.05, 4.69) is 13.2 Å². The SMILES string of the molecule is C=CCn1c(=O)n(CC=C)c(=O)n(CC(C)CC(F)(F)C(F)(F)C(F)(F)C(F)(F)C(F)(F)C(F)(F)C(F)(F)C(C)(C)F)c1=O. The van der Waals surface area contributed by atoms with Gasteiger partial charge in [-0.1, -0.05) is 19.1 Å². The number of hydrogen-bond donors (Lipinski definition) is 0. The average Bonchev–Trinajstić information content (AvgIpc) is 2.85. The van der Waals surface area contributed by atoms with Gasteiger partial charge in [-0.3, -0.25) is 0 Å². The van der Waals surface area contributed by atoms with Crippen LogP contribution in [0.5, 0.6) is 0 Å². The number of alkyl halides is 15. The third-order valence-electron chi connectivity index (χ3n) is 6.29. The number of rotatable bonds is 15. The zero-order valence-corrected chi connectivity index (χ0v) is 22.7. The standard InChI is InChI=1S/C23H24F15N3O3/c1-6-8-39-13(42)40(9-7-2)15(44)41(14(39)43)11-12(3)10-17(25,26)19(29,30)21(33,34)23(37,38)22(35,36)20(31,32)18(27,28)16(4,5)24/h6-7,12H,1-2,8-11H2,3-5H3. The van der Waals surface area contributed by atoms with E-state index in [1.165, 1.54) is 0 Å². The summed E-state index contributed by atoms with van der Waals surface area (Å²) in [4.78, 5) is 37.4. The molecule has 0 bridgehead atoms. The molecule has 0 fully saturated rings. The predicted octanol–water partition coefficient (Wildman–Crippen LogP) is 5.77. The van der Waals surface area contributed by atoms with Crippen LogP contribution in [0.2, 0.25) is 0 Å². The molecular weight excluding hydrogens is 651 g/mol. The fraction of sp³-hybridized carbons (Fsp3) is 0.696. The zero-order valence-electron chi connectivity index (χ0n) is 22.7. The minimum absolute atomic E-state index is 0.0322. The second-order valence-corrected chi connectivity index (χ2v) is 10.2. The first-order valence-corrected chi connectivity index (χ1v) is 11.9. The van der Waals surface area contributed by atoms with Crippen LogP contribution in [-0.2, 0) is 19.6 Å². The lowest BCUT2D eigenvalue weighted by Gasteiger charge is -2.44. The van der Waals surface area contributed by atoms with Crippen LogP contribution in [0.15, 0.2) is 39.7 Å². The Morgan fingerprint density at radius 2 is 0.864 bits per heavy atom. The molecule has 1 rings (SSSR count). The molecule has 0 saturated heterocycles. The minimum Gasteiger partial charge on any atom is -0.247 e. The van der Waals surface area contributed by atoms with Crippen molar-refractivity contribution in [2.45, 2.75) is 94.0 Å². The second-order valence-electron chi connectivity index (χ2n) is 10.2. The van der Waals surface area contributed by atoms with Crippen molar-refractivity contribution >= 4 is 0 Å². The van der Waals surface area contributed by atoms with Gasteiger partial charge in [-0.25, -0.2) is 32.5 Å². The Balaban J connectivity index is 3.64. The van der Waals surface area contributed by atoms with E-state index in [4.69, 9.17) is 0 Å². The number of halogens is 15. The van der Waals surface area contributed by atoms with Crippen LogP contribution < -0.4 is 17.1 Å². The van der Waals surface area contributed by atoms with Gasteiger partial charge in [0.05, 0.1) is 13.1 Å². The second kappa shape index (κ2) is 11.6. The van der Waals surface area contributed by atoms with Gasteiger partial charge in [-0.2, -0.15) is 61.5 Å². The molecule has 0 amide bonds. The van der Waals surface area contributed by atoms with E-state index in [0.717, 1.165) is 12.2 Å². The maximum atomic E-state index is 14.5. The Labute approximate surface area is 237 Å². The lowest BCUT2D eigenvalue weighted by molar-refractivity contribution is -0.447. The number of hydrogen-bond acceptors (Lipinski definition) is 3.